The van der Waals surface area contributed by atoms with Crippen molar-refractivity contribution < 1.29 is 9.59 Å². The average Bonchev–Trinajstić information content (AvgIpc) is 3.17. The number of nitrogens with two attached hydrogens (primary N) is 1. The Hall–Kier alpha value is -3.64. The maximum absolute atomic E-state index is 13.4. The minimum Gasteiger partial charge on any atom is -0.398 e. The number of anilines is 3. The molecule has 6 nitrogen and oxygen atoms in total. The lowest BCUT2D eigenvalue weighted by molar-refractivity contribution is 0.0980. The Bertz CT molecular complexity index is 1260. The summed E-state index contributed by atoms with van der Waals surface area (Å²) < 4.78 is 0. The zero-order valence-electron chi connectivity index (χ0n) is 17.7. The third-order valence-electron chi connectivity index (χ3n) is 6.94. The number of likely N-dealkylation sites (tertiary alicyclic amines) is 1. The van der Waals surface area contributed by atoms with Gasteiger partial charge < -0.3 is 16.4 Å². The largest absolute Gasteiger partial charge is 0.398 e. The summed E-state index contributed by atoms with van der Waals surface area (Å²) in [6.07, 6.45) is 1.80. The third kappa shape index (κ3) is 2.83. The van der Waals surface area contributed by atoms with E-state index in [0.29, 0.717) is 27.9 Å². The fraction of sp³-hybridized carbons (Fsp3) is 0.231. The van der Waals surface area contributed by atoms with E-state index in [0.717, 1.165) is 43.9 Å². The number of ketones is 2. The normalized spacial score (nSPS) is 18.5. The Kier molecular flexibility index (Phi) is 4.13. The molecule has 1 fully saturated rings. The van der Waals surface area contributed by atoms with E-state index in [2.05, 4.69) is 39.8 Å². The Morgan fingerprint density at radius 1 is 0.812 bits per heavy atom. The fourth-order valence-corrected chi connectivity index (χ4v) is 5.26. The molecular weight excluding hydrogens is 400 g/mol. The van der Waals surface area contributed by atoms with E-state index in [-0.39, 0.29) is 17.2 Å². The standard InChI is InChI=1S/C26H24N4O2/c27-19-8-4-7-17-21(19)24(31)18-9-10-20-23(22(18)25(17)32)29-26(28-20)11-13-30(14-12-26)15-16-5-2-1-3-6-16/h1-10,28-29H,11-15,27H2. The molecule has 3 aromatic rings. The van der Waals surface area contributed by atoms with Crippen molar-refractivity contribution in [1.82, 2.24) is 4.90 Å². The van der Waals surface area contributed by atoms with Gasteiger partial charge in [-0.2, -0.15) is 0 Å². The number of nitrogens with zero attached hydrogens (tertiary/aromatic N) is 1. The predicted molar refractivity (Wildman–Crippen MR) is 125 cm³/mol. The lowest BCUT2D eigenvalue weighted by atomic mass is 9.82. The highest BCUT2D eigenvalue weighted by atomic mass is 16.1. The van der Waals surface area contributed by atoms with E-state index < -0.39 is 0 Å². The highest BCUT2D eigenvalue weighted by Crippen LogP contribution is 2.45. The Morgan fingerprint density at radius 2 is 1.53 bits per heavy atom. The van der Waals surface area contributed by atoms with E-state index in [9.17, 15) is 9.59 Å². The molecule has 0 radical (unpaired) electrons. The molecule has 2 heterocycles. The van der Waals surface area contributed by atoms with Gasteiger partial charge in [-0.15, -0.1) is 0 Å². The molecule has 0 amide bonds. The molecule has 0 aromatic heterocycles. The van der Waals surface area contributed by atoms with Crippen molar-refractivity contribution in [3.8, 4) is 0 Å². The van der Waals surface area contributed by atoms with Gasteiger partial charge in [-0.05, 0) is 23.8 Å². The van der Waals surface area contributed by atoms with Gasteiger partial charge in [0.05, 0.1) is 22.5 Å². The summed E-state index contributed by atoms with van der Waals surface area (Å²) in [4.78, 5) is 29.0. The molecule has 160 valence electrons. The van der Waals surface area contributed by atoms with Crippen LogP contribution in [0.4, 0.5) is 17.1 Å². The van der Waals surface area contributed by atoms with E-state index in [1.165, 1.54) is 5.56 Å². The summed E-state index contributed by atoms with van der Waals surface area (Å²) in [5.74, 6) is -0.331. The molecule has 3 aromatic carbocycles. The number of fused-ring (bicyclic) bond motifs is 4. The number of hydrogen-bond donors (Lipinski definition) is 3. The SMILES string of the molecule is Nc1cccc2c1C(=O)c1ccc3c(c1C2=O)NC1(CCN(Cc2ccccc2)CC1)N3. The summed E-state index contributed by atoms with van der Waals surface area (Å²) in [5, 5.41) is 7.25. The molecule has 0 atom stereocenters. The van der Waals surface area contributed by atoms with E-state index in [1.807, 2.05) is 12.1 Å². The van der Waals surface area contributed by atoms with Crippen LogP contribution in [0.15, 0.2) is 60.7 Å². The van der Waals surface area contributed by atoms with Crippen molar-refractivity contribution in [3.05, 3.63) is 88.5 Å². The molecule has 0 saturated carbocycles. The molecule has 4 N–H and O–H groups in total. The molecule has 3 aliphatic rings. The minimum absolute atomic E-state index is 0.147. The van der Waals surface area contributed by atoms with Crippen LogP contribution < -0.4 is 16.4 Å². The first-order valence-electron chi connectivity index (χ1n) is 11.0. The number of rotatable bonds is 2. The maximum atomic E-state index is 13.4. The predicted octanol–water partition coefficient (Wildman–Crippen LogP) is 3.87. The van der Waals surface area contributed by atoms with Gasteiger partial charge in [0.25, 0.3) is 0 Å². The molecule has 1 spiro atoms. The van der Waals surface area contributed by atoms with Crippen molar-refractivity contribution in [2.24, 2.45) is 0 Å². The summed E-state index contributed by atoms with van der Waals surface area (Å²) >= 11 is 0. The first-order valence-corrected chi connectivity index (χ1v) is 11.0. The van der Waals surface area contributed by atoms with Crippen LogP contribution in [0.1, 0.15) is 50.2 Å². The van der Waals surface area contributed by atoms with Crippen LogP contribution in [-0.2, 0) is 6.54 Å². The molecule has 2 aliphatic heterocycles. The molecule has 1 saturated heterocycles. The van der Waals surface area contributed by atoms with Crippen LogP contribution in [0.3, 0.4) is 0 Å². The number of nitrogens with one attached hydrogen (secondary N) is 2. The van der Waals surface area contributed by atoms with Crippen LogP contribution in [0, 0.1) is 0 Å². The number of hydrogen-bond acceptors (Lipinski definition) is 6. The van der Waals surface area contributed by atoms with E-state index in [1.54, 1.807) is 24.3 Å². The lowest BCUT2D eigenvalue weighted by Crippen LogP contribution is -2.51. The van der Waals surface area contributed by atoms with Gasteiger partial charge in [-0.25, -0.2) is 0 Å². The number of benzene rings is 3. The topological polar surface area (TPSA) is 87.5 Å². The first-order chi connectivity index (χ1) is 15.5. The Labute approximate surface area is 186 Å². The van der Waals surface area contributed by atoms with Crippen LogP contribution in [0.5, 0.6) is 0 Å². The number of nitrogen functional groups attached to an aromatic ring is 1. The van der Waals surface area contributed by atoms with Crippen LogP contribution in [0.2, 0.25) is 0 Å². The zero-order valence-corrected chi connectivity index (χ0v) is 17.7. The maximum Gasteiger partial charge on any atom is 0.196 e. The fourth-order valence-electron chi connectivity index (χ4n) is 5.26. The van der Waals surface area contributed by atoms with Crippen LogP contribution in [-0.4, -0.2) is 35.2 Å². The monoisotopic (exact) mass is 424 g/mol. The number of piperidine rings is 1. The molecule has 6 heteroatoms. The smallest absolute Gasteiger partial charge is 0.196 e. The first kappa shape index (κ1) is 19.1. The van der Waals surface area contributed by atoms with E-state index >= 15 is 0 Å². The van der Waals surface area contributed by atoms with Gasteiger partial charge in [-0.1, -0.05) is 42.5 Å². The molecule has 1 aliphatic carbocycles. The van der Waals surface area contributed by atoms with Crippen molar-refractivity contribution >= 4 is 28.6 Å². The van der Waals surface area contributed by atoms with Gasteiger partial charge in [0.15, 0.2) is 11.6 Å². The number of carbonyl (C=O) groups excluding carboxylic acids is 2. The summed E-state index contributed by atoms with van der Waals surface area (Å²) in [7, 11) is 0. The summed E-state index contributed by atoms with van der Waals surface area (Å²) in [5.41, 5.74) is 10.6. The lowest BCUT2D eigenvalue weighted by Gasteiger charge is -2.40. The Balaban J connectivity index is 1.27. The highest BCUT2D eigenvalue weighted by Gasteiger charge is 2.43. The third-order valence-corrected chi connectivity index (χ3v) is 6.94. The van der Waals surface area contributed by atoms with Gasteiger partial charge in [0.2, 0.25) is 0 Å². The van der Waals surface area contributed by atoms with Crippen LogP contribution in [0.25, 0.3) is 0 Å². The quantitative estimate of drug-likeness (QED) is 0.424. The summed E-state index contributed by atoms with van der Waals surface area (Å²) in [6.45, 7) is 2.82. The van der Waals surface area contributed by atoms with Crippen molar-refractivity contribution in [2.45, 2.75) is 25.0 Å². The van der Waals surface area contributed by atoms with E-state index in [4.69, 9.17) is 5.73 Å². The molecule has 0 unspecified atom stereocenters. The van der Waals surface area contributed by atoms with Crippen molar-refractivity contribution in [2.75, 3.05) is 29.5 Å². The summed E-state index contributed by atoms with van der Waals surface area (Å²) in [6, 6.07) is 19.2. The van der Waals surface area contributed by atoms with Gasteiger partial charge in [-0.3, -0.25) is 14.5 Å². The second kappa shape index (κ2) is 6.93. The molecule has 6 rings (SSSR count). The van der Waals surface area contributed by atoms with Gasteiger partial charge in [0, 0.05) is 49.3 Å². The van der Waals surface area contributed by atoms with Crippen molar-refractivity contribution in [1.29, 1.82) is 0 Å². The van der Waals surface area contributed by atoms with Crippen LogP contribution >= 0.6 is 0 Å². The van der Waals surface area contributed by atoms with Gasteiger partial charge in [0.1, 0.15) is 5.66 Å². The second-order valence-electron chi connectivity index (χ2n) is 8.93. The molecule has 0 bridgehead atoms. The minimum atomic E-state index is -0.302. The number of carbonyl (C=O) groups is 2. The zero-order chi connectivity index (χ0) is 21.9. The highest BCUT2D eigenvalue weighted by molar-refractivity contribution is 6.32. The average molecular weight is 425 g/mol. The molecule has 32 heavy (non-hydrogen) atoms. The van der Waals surface area contributed by atoms with Crippen molar-refractivity contribution in [3.63, 3.8) is 0 Å². The molecular formula is C26H24N4O2. The Morgan fingerprint density at radius 3 is 2.31 bits per heavy atom. The second-order valence-corrected chi connectivity index (χ2v) is 8.93. The van der Waals surface area contributed by atoms with Gasteiger partial charge >= 0.3 is 0 Å².